The molecule has 0 fully saturated rings. The first kappa shape index (κ1) is 14.1. The number of hydrogen-bond acceptors (Lipinski definition) is 2. The number of carbonyl (C=O) groups is 2. The average Bonchev–Trinajstić information content (AvgIpc) is 2.00. The molecule has 15 heavy (non-hydrogen) atoms. The Bertz CT molecular complexity index is 222. The van der Waals surface area contributed by atoms with Gasteiger partial charge in [0.1, 0.15) is 5.78 Å². The zero-order valence-corrected chi connectivity index (χ0v) is 10.5. The molecule has 0 heterocycles. The fourth-order valence-electron chi connectivity index (χ4n) is 1.48. The second-order valence-corrected chi connectivity index (χ2v) is 4.94. The predicted molar refractivity (Wildman–Crippen MR) is 61.6 cm³/mol. The molecule has 1 atom stereocenters. The van der Waals surface area contributed by atoms with Gasteiger partial charge in [-0.25, -0.2) is 0 Å². The first-order valence-electron chi connectivity index (χ1n) is 5.54. The quantitative estimate of drug-likeness (QED) is 0.677. The van der Waals surface area contributed by atoms with Crippen LogP contribution in [0.3, 0.4) is 0 Å². The Balaban J connectivity index is 3.88. The number of hydrogen-bond donors (Lipinski definition) is 0. The van der Waals surface area contributed by atoms with Crippen molar-refractivity contribution in [1.82, 2.24) is 4.90 Å². The SMILES string of the molecule is CC(C)CC(=O)CC(C)CC(=O)N(C)C. The maximum Gasteiger partial charge on any atom is 0.222 e. The molecular formula is C12H23NO2. The maximum absolute atomic E-state index is 11.5. The second-order valence-electron chi connectivity index (χ2n) is 4.94. The lowest BCUT2D eigenvalue weighted by Gasteiger charge is -2.14. The van der Waals surface area contributed by atoms with Crippen LogP contribution in [0.5, 0.6) is 0 Å². The molecule has 3 heteroatoms. The summed E-state index contributed by atoms with van der Waals surface area (Å²) in [4.78, 5) is 24.4. The Morgan fingerprint density at radius 2 is 1.53 bits per heavy atom. The van der Waals surface area contributed by atoms with Crippen LogP contribution < -0.4 is 0 Å². The van der Waals surface area contributed by atoms with Crippen molar-refractivity contribution in [2.45, 2.75) is 40.0 Å². The van der Waals surface area contributed by atoms with Gasteiger partial charge in [0.05, 0.1) is 0 Å². The number of carbonyl (C=O) groups excluding carboxylic acids is 2. The lowest BCUT2D eigenvalue weighted by molar-refractivity contribution is -0.129. The molecule has 0 aliphatic heterocycles. The third-order valence-electron chi connectivity index (χ3n) is 2.23. The first-order valence-corrected chi connectivity index (χ1v) is 5.54. The Morgan fingerprint density at radius 1 is 1.00 bits per heavy atom. The fourth-order valence-corrected chi connectivity index (χ4v) is 1.48. The van der Waals surface area contributed by atoms with Gasteiger partial charge in [0.25, 0.3) is 0 Å². The highest BCUT2D eigenvalue weighted by atomic mass is 16.2. The van der Waals surface area contributed by atoms with E-state index in [9.17, 15) is 9.59 Å². The van der Waals surface area contributed by atoms with E-state index in [2.05, 4.69) is 0 Å². The molecule has 0 saturated carbocycles. The molecule has 0 aromatic carbocycles. The van der Waals surface area contributed by atoms with E-state index in [0.717, 1.165) is 0 Å². The molecule has 0 aromatic rings. The smallest absolute Gasteiger partial charge is 0.222 e. The minimum Gasteiger partial charge on any atom is -0.349 e. The lowest BCUT2D eigenvalue weighted by Crippen LogP contribution is -2.24. The van der Waals surface area contributed by atoms with Gasteiger partial charge >= 0.3 is 0 Å². The van der Waals surface area contributed by atoms with Crippen LogP contribution >= 0.6 is 0 Å². The third kappa shape index (κ3) is 7.11. The van der Waals surface area contributed by atoms with Crippen LogP contribution in [0.25, 0.3) is 0 Å². The van der Waals surface area contributed by atoms with Crippen molar-refractivity contribution >= 4 is 11.7 Å². The minimum absolute atomic E-state index is 0.0971. The molecule has 0 N–H and O–H groups in total. The first-order chi connectivity index (χ1) is 6.82. The topological polar surface area (TPSA) is 37.4 Å². The largest absolute Gasteiger partial charge is 0.349 e. The van der Waals surface area contributed by atoms with Gasteiger partial charge in [0, 0.05) is 33.4 Å². The average molecular weight is 213 g/mol. The van der Waals surface area contributed by atoms with Crippen LogP contribution in [0.4, 0.5) is 0 Å². The van der Waals surface area contributed by atoms with Gasteiger partial charge < -0.3 is 4.90 Å². The molecule has 3 nitrogen and oxygen atoms in total. The summed E-state index contributed by atoms with van der Waals surface area (Å²) in [7, 11) is 3.48. The van der Waals surface area contributed by atoms with Crippen LogP contribution in [-0.2, 0) is 9.59 Å². The van der Waals surface area contributed by atoms with E-state index in [1.807, 2.05) is 20.8 Å². The molecule has 0 bridgehead atoms. The summed E-state index contributed by atoms with van der Waals surface area (Å²) in [5.74, 6) is 0.935. The summed E-state index contributed by atoms with van der Waals surface area (Å²) in [5.41, 5.74) is 0. The highest BCUT2D eigenvalue weighted by Gasteiger charge is 2.14. The van der Waals surface area contributed by atoms with Crippen molar-refractivity contribution in [2.24, 2.45) is 11.8 Å². The molecule has 0 aliphatic rings. The third-order valence-corrected chi connectivity index (χ3v) is 2.23. The molecular weight excluding hydrogens is 190 g/mol. The zero-order chi connectivity index (χ0) is 12.0. The van der Waals surface area contributed by atoms with E-state index in [0.29, 0.717) is 25.2 Å². The van der Waals surface area contributed by atoms with Gasteiger partial charge in [0.2, 0.25) is 5.91 Å². The van der Waals surface area contributed by atoms with Gasteiger partial charge in [-0.1, -0.05) is 20.8 Å². The summed E-state index contributed by atoms with van der Waals surface area (Å²) in [5, 5.41) is 0. The highest BCUT2D eigenvalue weighted by Crippen LogP contribution is 2.13. The highest BCUT2D eigenvalue weighted by molar-refractivity contribution is 5.80. The number of rotatable bonds is 6. The molecule has 0 saturated heterocycles. The molecule has 0 spiro atoms. The summed E-state index contributed by atoms with van der Waals surface area (Å²) in [6.45, 7) is 6.03. The van der Waals surface area contributed by atoms with E-state index in [1.54, 1.807) is 19.0 Å². The van der Waals surface area contributed by atoms with Crippen molar-refractivity contribution in [3.05, 3.63) is 0 Å². The standard InChI is InChI=1S/C12H23NO2/c1-9(2)6-11(14)7-10(3)8-12(15)13(4)5/h9-10H,6-8H2,1-5H3. The van der Waals surface area contributed by atoms with Crippen molar-refractivity contribution in [2.75, 3.05) is 14.1 Å². The monoisotopic (exact) mass is 213 g/mol. The number of ketones is 1. The van der Waals surface area contributed by atoms with E-state index < -0.39 is 0 Å². The van der Waals surface area contributed by atoms with E-state index in [1.165, 1.54) is 0 Å². The van der Waals surface area contributed by atoms with E-state index in [4.69, 9.17) is 0 Å². The van der Waals surface area contributed by atoms with Gasteiger partial charge in [0.15, 0.2) is 0 Å². The molecule has 0 rings (SSSR count). The van der Waals surface area contributed by atoms with Crippen molar-refractivity contribution < 1.29 is 9.59 Å². The number of Topliss-reactive ketones (excluding diaryl/α,β-unsaturated/α-hetero) is 1. The Kier molecular flexibility index (Phi) is 6.21. The van der Waals surface area contributed by atoms with Gasteiger partial charge in [-0.2, -0.15) is 0 Å². The fraction of sp³-hybridized carbons (Fsp3) is 0.833. The molecule has 0 aromatic heterocycles. The van der Waals surface area contributed by atoms with Crippen LogP contribution in [0.2, 0.25) is 0 Å². The van der Waals surface area contributed by atoms with E-state index in [-0.39, 0.29) is 17.6 Å². The Morgan fingerprint density at radius 3 is 1.93 bits per heavy atom. The summed E-state index contributed by atoms with van der Waals surface area (Å²) < 4.78 is 0. The van der Waals surface area contributed by atoms with E-state index >= 15 is 0 Å². The van der Waals surface area contributed by atoms with Gasteiger partial charge in [-0.05, 0) is 11.8 Å². The van der Waals surface area contributed by atoms with Gasteiger partial charge in [-0.15, -0.1) is 0 Å². The summed E-state index contributed by atoms with van der Waals surface area (Å²) in [6.07, 6.45) is 1.62. The maximum atomic E-state index is 11.5. The Labute approximate surface area is 92.8 Å². The summed E-state index contributed by atoms with van der Waals surface area (Å²) >= 11 is 0. The molecule has 1 amide bonds. The zero-order valence-electron chi connectivity index (χ0n) is 10.5. The molecule has 1 unspecified atom stereocenters. The van der Waals surface area contributed by atoms with Crippen LogP contribution in [0, 0.1) is 11.8 Å². The lowest BCUT2D eigenvalue weighted by atomic mass is 9.96. The minimum atomic E-state index is 0.0971. The molecule has 88 valence electrons. The molecule has 0 radical (unpaired) electrons. The van der Waals surface area contributed by atoms with Gasteiger partial charge in [-0.3, -0.25) is 9.59 Å². The normalized spacial score (nSPS) is 12.7. The second kappa shape index (κ2) is 6.59. The Hall–Kier alpha value is -0.860. The predicted octanol–water partition coefficient (Wildman–Crippen LogP) is 2.11. The summed E-state index contributed by atoms with van der Waals surface area (Å²) in [6, 6.07) is 0. The van der Waals surface area contributed by atoms with Crippen molar-refractivity contribution in [3.8, 4) is 0 Å². The van der Waals surface area contributed by atoms with Crippen LogP contribution in [-0.4, -0.2) is 30.7 Å². The van der Waals surface area contributed by atoms with Crippen LogP contribution in [0.15, 0.2) is 0 Å². The van der Waals surface area contributed by atoms with Crippen LogP contribution in [0.1, 0.15) is 40.0 Å². The molecule has 0 aliphatic carbocycles. The number of nitrogens with zero attached hydrogens (tertiary/aromatic N) is 1. The number of amides is 1. The van der Waals surface area contributed by atoms with Crippen molar-refractivity contribution in [1.29, 1.82) is 0 Å². The van der Waals surface area contributed by atoms with Crippen molar-refractivity contribution in [3.63, 3.8) is 0 Å².